The largest absolute Gasteiger partial charge is 0.469 e. The van der Waals surface area contributed by atoms with Crippen LogP contribution in [0.3, 0.4) is 0 Å². The summed E-state index contributed by atoms with van der Waals surface area (Å²) in [6.07, 6.45) is 3.13. The molecule has 3 N–H and O–H groups in total. The van der Waals surface area contributed by atoms with Crippen LogP contribution in [-0.2, 0) is 6.42 Å². The van der Waals surface area contributed by atoms with Crippen LogP contribution in [0, 0.1) is 5.41 Å². The molecular weight excluding hydrogens is 228 g/mol. The summed E-state index contributed by atoms with van der Waals surface area (Å²) in [6.45, 7) is 8.87. The minimum Gasteiger partial charge on any atom is -0.469 e. The maximum atomic E-state index is 11.9. The van der Waals surface area contributed by atoms with E-state index in [1.807, 2.05) is 6.92 Å². The molecule has 1 aromatic heterocycles. The quantitative estimate of drug-likeness (QED) is 0.845. The molecule has 0 saturated carbocycles. The Morgan fingerprint density at radius 1 is 1.50 bits per heavy atom. The number of nitrogens with one attached hydrogen (secondary N) is 1. The van der Waals surface area contributed by atoms with Gasteiger partial charge in [-0.1, -0.05) is 27.7 Å². The molecule has 0 bridgehead atoms. The standard InChI is InChI=1S/C14H24N2O2/c1-5-12-11(6-7-18-12)13(17)16-9-10(15)8-14(2,3)4/h6-7,10H,5,8-9,15H2,1-4H3,(H,16,17). The van der Waals surface area contributed by atoms with E-state index in [2.05, 4.69) is 26.1 Å². The minimum absolute atomic E-state index is 0.0223. The molecule has 0 saturated heterocycles. The zero-order chi connectivity index (χ0) is 13.8. The van der Waals surface area contributed by atoms with Gasteiger partial charge < -0.3 is 15.5 Å². The molecule has 0 aliphatic carbocycles. The molecule has 1 rings (SSSR count). The predicted octanol–water partition coefficient (Wildman–Crippen LogP) is 2.34. The van der Waals surface area contributed by atoms with Crippen LogP contribution in [-0.4, -0.2) is 18.5 Å². The summed E-state index contributed by atoms with van der Waals surface area (Å²) in [4.78, 5) is 11.9. The summed E-state index contributed by atoms with van der Waals surface area (Å²) >= 11 is 0. The van der Waals surface area contributed by atoms with Gasteiger partial charge in [0.15, 0.2) is 0 Å². The molecule has 0 aromatic carbocycles. The van der Waals surface area contributed by atoms with Crippen molar-refractivity contribution < 1.29 is 9.21 Å². The first-order chi connectivity index (χ1) is 8.33. The van der Waals surface area contributed by atoms with E-state index in [1.54, 1.807) is 12.3 Å². The van der Waals surface area contributed by atoms with E-state index in [4.69, 9.17) is 10.2 Å². The molecule has 102 valence electrons. The fraction of sp³-hybridized carbons (Fsp3) is 0.643. The Hall–Kier alpha value is -1.29. The lowest BCUT2D eigenvalue weighted by Crippen LogP contribution is -2.39. The predicted molar refractivity (Wildman–Crippen MR) is 72.5 cm³/mol. The van der Waals surface area contributed by atoms with Crippen molar-refractivity contribution >= 4 is 5.91 Å². The SMILES string of the molecule is CCc1occc1C(=O)NCC(N)CC(C)(C)C. The van der Waals surface area contributed by atoms with Crippen LogP contribution in [0.4, 0.5) is 0 Å². The Balaban J connectivity index is 2.47. The van der Waals surface area contributed by atoms with Crippen LogP contribution >= 0.6 is 0 Å². The molecule has 1 atom stereocenters. The molecule has 1 amide bonds. The highest BCUT2D eigenvalue weighted by Crippen LogP contribution is 2.19. The summed E-state index contributed by atoms with van der Waals surface area (Å²) in [5.74, 6) is 0.613. The van der Waals surface area contributed by atoms with E-state index >= 15 is 0 Å². The summed E-state index contributed by atoms with van der Waals surface area (Å²) in [7, 11) is 0. The van der Waals surface area contributed by atoms with Crippen LogP contribution in [0.2, 0.25) is 0 Å². The number of rotatable bonds is 5. The summed E-state index contributed by atoms with van der Waals surface area (Å²) in [5.41, 5.74) is 6.78. The van der Waals surface area contributed by atoms with Crippen molar-refractivity contribution in [3.05, 3.63) is 23.7 Å². The first kappa shape index (κ1) is 14.8. The van der Waals surface area contributed by atoms with Crippen molar-refractivity contribution in [2.45, 2.75) is 46.6 Å². The van der Waals surface area contributed by atoms with E-state index in [0.717, 1.165) is 12.2 Å². The molecular formula is C14H24N2O2. The summed E-state index contributed by atoms with van der Waals surface area (Å²) in [5, 5.41) is 2.86. The smallest absolute Gasteiger partial charge is 0.254 e. The number of hydrogen-bond donors (Lipinski definition) is 2. The summed E-state index contributed by atoms with van der Waals surface area (Å²) in [6, 6.07) is 1.68. The van der Waals surface area contributed by atoms with Crippen molar-refractivity contribution in [2.75, 3.05) is 6.54 Å². The topological polar surface area (TPSA) is 68.3 Å². The van der Waals surface area contributed by atoms with Gasteiger partial charge >= 0.3 is 0 Å². The van der Waals surface area contributed by atoms with Crippen molar-refractivity contribution in [2.24, 2.45) is 11.1 Å². The maximum Gasteiger partial charge on any atom is 0.254 e. The monoisotopic (exact) mass is 252 g/mol. The molecule has 1 heterocycles. The second kappa shape index (κ2) is 6.05. The van der Waals surface area contributed by atoms with Gasteiger partial charge in [-0.15, -0.1) is 0 Å². The Morgan fingerprint density at radius 2 is 2.17 bits per heavy atom. The third-order valence-electron chi connectivity index (χ3n) is 2.71. The molecule has 4 nitrogen and oxygen atoms in total. The average molecular weight is 252 g/mol. The van der Waals surface area contributed by atoms with E-state index < -0.39 is 0 Å². The Kier molecular flexibility index (Phi) is 4.96. The van der Waals surface area contributed by atoms with Crippen molar-refractivity contribution in [3.8, 4) is 0 Å². The van der Waals surface area contributed by atoms with Gasteiger partial charge in [0.2, 0.25) is 0 Å². The minimum atomic E-state index is -0.107. The third-order valence-corrected chi connectivity index (χ3v) is 2.71. The van der Waals surface area contributed by atoms with E-state index in [1.165, 1.54) is 0 Å². The fourth-order valence-corrected chi connectivity index (χ4v) is 1.99. The molecule has 18 heavy (non-hydrogen) atoms. The number of amides is 1. The Morgan fingerprint density at radius 3 is 2.72 bits per heavy atom. The molecule has 0 aliphatic rings. The summed E-state index contributed by atoms with van der Waals surface area (Å²) < 4.78 is 5.23. The van der Waals surface area contributed by atoms with E-state index in [-0.39, 0.29) is 17.4 Å². The number of nitrogens with two attached hydrogens (primary N) is 1. The molecule has 0 radical (unpaired) electrons. The van der Waals surface area contributed by atoms with Gasteiger partial charge in [-0.25, -0.2) is 0 Å². The van der Waals surface area contributed by atoms with Gasteiger partial charge in [-0.2, -0.15) is 0 Å². The highest BCUT2D eigenvalue weighted by atomic mass is 16.3. The first-order valence-electron chi connectivity index (χ1n) is 6.43. The maximum absolute atomic E-state index is 11.9. The molecule has 0 aliphatic heterocycles. The highest BCUT2D eigenvalue weighted by molar-refractivity contribution is 5.95. The molecule has 0 spiro atoms. The van der Waals surface area contributed by atoms with Crippen LogP contribution in [0.1, 0.15) is 50.2 Å². The second-order valence-corrected chi connectivity index (χ2v) is 5.85. The number of furan rings is 1. The Labute approximate surface area is 109 Å². The van der Waals surface area contributed by atoms with Crippen LogP contribution in [0.15, 0.2) is 16.7 Å². The number of carbonyl (C=O) groups excluding carboxylic acids is 1. The van der Waals surface area contributed by atoms with Gasteiger partial charge in [-0.3, -0.25) is 4.79 Å². The van der Waals surface area contributed by atoms with Gasteiger partial charge in [0, 0.05) is 19.0 Å². The van der Waals surface area contributed by atoms with Gasteiger partial charge in [0.1, 0.15) is 5.76 Å². The number of hydrogen-bond acceptors (Lipinski definition) is 3. The van der Waals surface area contributed by atoms with Crippen molar-refractivity contribution in [3.63, 3.8) is 0 Å². The lowest BCUT2D eigenvalue weighted by molar-refractivity contribution is 0.0946. The van der Waals surface area contributed by atoms with Gasteiger partial charge in [0.25, 0.3) is 5.91 Å². The van der Waals surface area contributed by atoms with Crippen molar-refractivity contribution in [1.29, 1.82) is 0 Å². The number of carbonyl (C=O) groups is 1. The number of aryl methyl sites for hydroxylation is 1. The third kappa shape index (κ3) is 4.53. The average Bonchev–Trinajstić information content (AvgIpc) is 2.71. The van der Waals surface area contributed by atoms with Gasteiger partial charge in [0.05, 0.1) is 11.8 Å². The van der Waals surface area contributed by atoms with Crippen LogP contribution < -0.4 is 11.1 Å². The lowest BCUT2D eigenvalue weighted by Gasteiger charge is -2.23. The lowest BCUT2D eigenvalue weighted by atomic mass is 9.88. The highest BCUT2D eigenvalue weighted by Gasteiger charge is 2.18. The first-order valence-corrected chi connectivity index (χ1v) is 6.43. The molecule has 0 fully saturated rings. The zero-order valence-electron chi connectivity index (χ0n) is 11.7. The van der Waals surface area contributed by atoms with Gasteiger partial charge in [-0.05, 0) is 17.9 Å². The van der Waals surface area contributed by atoms with Crippen LogP contribution in [0.5, 0.6) is 0 Å². The molecule has 1 aromatic rings. The van der Waals surface area contributed by atoms with Crippen molar-refractivity contribution in [1.82, 2.24) is 5.32 Å². The van der Waals surface area contributed by atoms with Crippen LogP contribution in [0.25, 0.3) is 0 Å². The molecule has 1 unspecified atom stereocenters. The normalized spacial score (nSPS) is 13.4. The fourth-order valence-electron chi connectivity index (χ4n) is 1.99. The van der Waals surface area contributed by atoms with E-state index in [9.17, 15) is 4.79 Å². The van der Waals surface area contributed by atoms with E-state index in [0.29, 0.717) is 18.5 Å². The Bertz CT molecular complexity index is 391. The molecule has 4 heteroatoms. The zero-order valence-corrected chi connectivity index (χ0v) is 11.7. The second-order valence-electron chi connectivity index (χ2n) is 5.85.